The molecule has 0 aromatic carbocycles. The van der Waals surface area contributed by atoms with Crippen molar-refractivity contribution < 1.29 is 18.8 Å². The molecule has 1 aliphatic rings. The zero-order valence-electron chi connectivity index (χ0n) is 13.2. The van der Waals surface area contributed by atoms with Crippen LogP contribution in [0.15, 0.2) is 10.6 Å². The molecule has 22 heavy (non-hydrogen) atoms. The Bertz CT molecular complexity index is 523. The van der Waals surface area contributed by atoms with Crippen LogP contribution in [0.2, 0.25) is 0 Å². The Morgan fingerprint density at radius 3 is 2.64 bits per heavy atom. The molecular formula is C14H22N4O4. The Hall–Kier alpha value is -2.09. The highest BCUT2D eigenvalue weighted by atomic mass is 16.6. The molecule has 1 saturated heterocycles. The molecule has 0 saturated carbocycles. The Balaban J connectivity index is 1.82. The number of ether oxygens (including phenoxy) is 1. The number of anilines is 1. The molecule has 2 amide bonds. The lowest BCUT2D eigenvalue weighted by atomic mass is 10.2. The topological polar surface area (TPSA) is 87.9 Å². The number of carbonyl (C=O) groups is 2. The van der Waals surface area contributed by atoms with Crippen LogP contribution in [0.4, 0.5) is 10.6 Å². The molecule has 0 spiro atoms. The first-order valence-corrected chi connectivity index (χ1v) is 7.41. The summed E-state index contributed by atoms with van der Waals surface area (Å²) in [6.45, 7) is 8.12. The normalized spacial score (nSPS) is 17.1. The van der Waals surface area contributed by atoms with Crippen LogP contribution in [0.25, 0.3) is 0 Å². The van der Waals surface area contributed by atoms with Crippen LogP contribution in [-0.4, -0.2) is 65.8 Å². The minimum atomic E-state index is -0.304. The van der Waals surface area contributed by atoms with E-state index in [2.05, 4.69) is 10.5 Å². The van der Waals surface area contributed by atoms with E-state index in [1.807, 2.05) is 11.8 Å². The van der Waals surface area contributed by atoms with Crippen LogP contribution in [0.5, 0.6) is 0 Å². The summed E-state index contributed by atoms with van der Waals surface area (Å²) < 4.78 is 9.89. The second kappa shape index (κ2) is 7.26. The molecule has 1 atom stereocenters. The average molecular weight is 310 g/mol. The fourth-order valence-corrected chi connectivity index (χ4v) is 2.33. The lowest BCUT2D eigenvalue weighted by Gasteiger charge is -2.36. The van der Waals surface area contributed by atoms with Gasteiger partial charge in [-0.25, -0.2) is 4.79 Å². The molecule has 8 nitrogen and oxygen atoms in total. The van der Waals surface area contributed by atoms with Gasteiger partial charge in [-0.3, -0.25) is 9.69 Å². The van der Waals surface area contributed by atoms with Crippen molar-refractivity contribution in [1.29, 1.82) is 0 Å². The van der Waals surface area contributed by atoms with Crippen molar-refractivity contribution in [1.82, 2.24) is 15.0 Å². The van der Waals surface area contributed by atoms with Gasteiger partial charge < -0.3 is 19.5 Å². The summed E-state index contributed by atoms with van der Waals surface area (Å²) in [4.78, 5) is 27.5. The summed E-state index contributed by atoms with van der Waals surface area (Å²) in [7, 11) is 0. The van der Waals surface area contributed by atoms with Crippen LogP contribution in [-0.2, 0) is 9.53 Å². The molecule has 0 aliphatic carbocycles. The highest BCUT2D eigenvalue weighted by Gasteiger charge is 2.28. The summed E-state index contributed by atoms with van der Waals surface area (Å²) in [6.07, 6.45) is -0.294. The molecule has 1 N–H and O–H groups in total. The van der Waals surface area contributed by atoms with Crippen molar-refractivity contribution in [3.63, 3.8) is 0 Å². The molecular weight excluding hydrogens is 288 g/mol. The highest BCUT2D eigenvalue weighted by Crippen LogP contribution is 2.11. The Morgan fingerprint density at radius 2 is 2.09 bits per heavy atom. The van der Waals surface area contributed by atoms with Crippen molar-refractivity contribution in [2.24, 2.45) is 0 Å². The van der Waals surface area contributed by atoms with Crippen LogP contribution in [0, 0.1) is 6.92 Å². The van der Waals surface area contributed by atoms with E-state index in [-0.39, 0.29) is 18.0 Å². The molecule has 1 aromatic rings. The Kier molecular flexibility index (Phi) is 5.37. The standard InChI is InChI=1S/C14H22N4O4/c1-4-21-14(20)18-7-5-17(6-8-18)11(3)13(19)15-12-9-10(2)22-16-12/h9,11H,4-8H2,1-3H3,(H,15,16,19)/t11-/m0/s1. The largest absolute Gasteiger partial charge is 0.450 e. The van der Waals surface area contributed by atoms with Gasteiger partial charge in [0.2, 0.25) is 5.91 Å². The van der Waals surface area contributed by atoms with E-state index in [4.69, 9.17) is 9.26 Å². The van der Waals surface area contributed by atoms with Gasteiger partial charge in [-0.2, -0.15) is 0 Å². The van der Waals surface area contributed by atoms with Crippen molar-refractivity contribution >= 4 is 17.8 Å². The summed E-state index contributed by atoms with van der Waals surface area (Å²) in [5, 5.41) is 6.47. The third-order valence-corrected chi connectivity index (χ3v) is 3.65. The van der Waals surface area contributed by atoms with Gasteiger partial charge in [0.25, 0.3) is 0 Å². The minimum Gasteiger partial charge on any atom is -0.450 e. The van der Waals surface area contributed by atoms with E-state index in [1.54, 1.807) is 24.8 Å². The highest BCUT2D eigenvalue weighted by molar-refractivity contribution is 5.93. The van der Waals surface area contributed by atoms with E-state index >= 15 is 0 Å². The number of nitrogens with one attached hydrogen (secondary N) is 1. The van der Waals surface area contributed by atoms with Crippen LogP contribution in [0.1, 0.15) is 19.6 Å². The van der Waals surface area contributed by atoms with E-state index in [1.165, 1.54) is 0 Å². The van der Waals surface area contributed by atoms with Gasteiger partial charge in [0.1, 0.15) is 5.76 Å². The van der Waals surface area contributed by atoms with Gasteiger partial charge in [-0.1, -0.05) is 5.16 Å². The lowest BCUT2D eigenvalue weighted by molar-refractivity contribution is -0.121. The number of aryl methyl sites for hydroxylation is 1. The second-order valence-electron chi connectivity index (χ2n) is 5.21. The number of nitrogens with zero attached hydrogens (tertiary/aromatic N) is 3. The van der Waals surface area contributed by atoms with Crippen LogP contribution >= 0.6 is 0 Å². The van der Waals surface area contributed by atoms with Gasteiger partial charge in [-0.05, 0) is 20.8 Å². The van der Waals surface area contributed by atoms with Crippen molar-refractivity contribution in [2.75, 3.05) is 38.1 Å². The molecule has 0 unspecified atom stereocenters. The number of rotatable bonds is 4. The van der Waals surface area contributed by atoms with Crippen LogP contribution < -0.4 is 5.32 Å². The monoisotopic (exact) mass is 310 g/mol. The second-order valence-corrected chi connectivity index (χ2v) is 5.21. The van der Waals surface area contributed by atoms with Crippen molar-refractivity contribution in [3.05, 3.63) is 11.8 Å². The Labute approximate surface area is 129 Å². The number of hydrogen-bond acceptors (Lipinski definition) is 6. The fraction of sp³-hybridized carbons (Fsp3) is 0.643. The fourth-order valence-electron chi connectivity index (χ4n) is 2.33. The summed E-state index contributed by atoms with van der Waals surface area (Å²) in [5.41, 5.74) is 0. The average Bonchev–Trinajstić information content (AvgIpc) is 2.92. The van der Waals surface area contributed by atoms with E-state index in [0.29, 0.717) is 44.4 Å². The summed E-state index contributed by atoms with van der Waals surface area (Å²) in [5.74, 6) is 0.920. The summed E-state index contributed by atoms with van der Waals surface area (Å²) in [6, 6.07) is 1.37. The molecule has 0 radical (unpaired) electrons. The number of carbonyl (C=O) groups excluding carboxylic acids is 2. The first-order valence-electron chi connectivity index (χ1n) is 7.41. The smallest absolute Gasteiger partial charge is 0.409 e. The minimum absolute atomic E-state index is 0.141. The van der Waals surface area contributed by atoms with Crippen molar-refractivity contribution in [3.8, 4) is 0 Å². The van der Waals surface area contributed by atoms with Gasteiger partial charge in [-0.15, -0.1) is 0 Å². The lowest BCUT2D eigenvalue weighted by Crippen LogP contribution is -2.54. The molecule has 0 bridgehead atoms. The SMILES string of the molecule is CCOC(=O)N1CCN([C@@H](C)C(=O)Nc2cc(C)on2)CC1. The molecule has 1 fully saturated rings. The maximum Gasteiger partial charge on any atom is 0.409 e. The summed E-state index contributed by atoms with van der Waals surface area (Å²) >= 11 is 0. The predicted molar refractivity (Wildman–Crippen MR) is 79.5 cm³/mol. The van der Waals surface area contributed by atoms with E-state index in [0.717, 1.165) is 0 Å². The van der Waals surface area contributed by atoms with Gasteiger partial charge in [0.15, 0.2) is 5.82 Å². The molecule has 8 heteroatoms. The van der Waals surface area contributed by atoms with Crippen LogP contribution in [0.3, 0.4) is 0 Å². The van der Waals surface area contributed by atoms with E-state index < -0.39 is 0 Å². The van der Waals surface area contributed by atoms with Gasteiger partial charge in [0.05, 0.1) is 12.6 Å². The van der Waals surface area contributed by atoms with E-state index in [9.17, 15) is 9.59 Å². The Morgan fingerprint density at radius 1 is 1.41 bits per heavy atom. The maximum absolute atomic E-state index is 12.2. The first kappa shape index (κ1) is 16.3. The zero-order chi connectivity index (χ0) is 16.1. The quantitative estimate of drug-likeness (QED) is 0.895. The molecule has 122 valence electrons. The third-order valence-electron chi connectivity index (χ3n) is 3.65. The zero-order valence-corrected chi connectivity index (χ0v) is 13.2. The van der Waals surface area contributed by atoms with Crippen molar-refractivity contribution in [2.45, 2.75) is 26.8 Å². The van der Waals surface area contributed by atoms with Gasteiger partial charge >= 0.3 is 6.09 Å². The number of aromatic nitrogens is 1. The van der Waals surface area contributed by atoms with Gasteiger partial charge in [0, 0.05) is 32.2 Å². The predicted octanol–water partition coefficient (Wildman–Crippen LogP) is 1.08. The molecule has 1 aromatic heterocycles. The molecule has 2 rings (SSSR count). The first-order chi connectivity index (χ1) is 10.5. The maximum atomic E-state index is 12.2. The molecule has 1 aliphatic heterocycles. The molecule has 2 heterocycles. The number of hydrogen-bond donors (Lipinski definition) is 1. The number of amides is 2. The third kappa shape index (κ3) is 3.97. The number of piperazine rings is 1.